The van der Waals surface area contributed by atoms with Crippen LogP contribution in [0.5, 0.6) is 11.5 Å². The molecule has 0 spiro atoms. The molecule has 0 radical (unpaired) electrons. The lowest BCUT2D eigenvalue weighted by Crippen LogP contribution is -2.23. The van der Waals surface area contributed by atoms with Crippen LogP contribution in [0, 0.1) is 0 Å². The van der Waals surface area contributed by atoms with E-state index in [0.29, 0.717) is 23.1 Å². The highest BCUT2D eigenvalue weighted by atomic mass is 35.5. The minimum atomic E-state index is -0.983. The first-order chi connectivity index (χ1) is 11.0. The maximum Gasteiger partial charge on any atom is 0.303 e. The maximum atomic E-state index is 11.4. The third-order valence-corrected chi connectivity index (χ3v) is 3.28. The Kier molecular flexibility index (Phi) is 6.00. The molecular weight excluding hydrogens is 318 g/mol. The van der Waals surface area contributed by atoms with Crippen molar-refractivity contribution in [1.29, 1.82) is 0 Å². The number of carbonyl (C=O) groups excluding carboxylic acids is 1. The molecule has 120 valence electrons. The van der Waals surface area contributed by atoms with Crippen molar-refractivity contribution < 1.29 is 19.4 Å². The Bertz CT molecular complexity index is 668. The molecule has 2 rings (SSSR count). The van der Waals surface area contributed by atoms with E-state index in [1.807, 2.05) is 12.1 Å². The fourth-order valence-electron chi connectivity index (χ4n) is 1.82. The largest absolute Gasteiger partial charge is 0.481 e. The molecule has 0 atom stereocenters. The molecule has 2 N–H and O–H groups in total. The second-order valence-electron chi connectivity index (χ2n) is 4.87. The van der Waals surface area contributed by atoms with Gasteiger partial charge in [-0.15, -0.1) is 0 Å². The molecule has 0 saturated heterocycles. The van der Waals surface area contributed by atoms with Crippen LogP contribution in [0.4, 0.5) is 0 Å². The van der Waals surface area contributed by atoms with Gasteiger partial charge in [0.1, 0.15) is 11.5 Å². The van der Waals surface area contributed by atoms with Gasteiger partial charge in [0.15, 0.2) is 0 Å². The number of benzene rings is 2. The Balaban J connectivity index is 1.83. The topological polar surface area (TPSA) is 75.6 Å². The molecule has 0 aliphatic carbocycles. The first-order valence-corrected chi connectivity index (χ1v) is 7.41. The number of halogens is 1. The highest BCUT2D eigenvalue weighted by molar-refractivity contribution is 6.30. The van der Waals surface area contributed by atoms with E-state index >= 15 is 0 Å². The predicted octanol–water partition coefficient (Wildman–Crippen LogP) is 3.61. The summed E-state index contributed by atoms with van der Waals surface area (Å²) in [5.74, 6) is 0.0927. The van der Waals surface area contributed by atoms with Crippen LogP contribution < -0.4 is 10.1 Å². The summed E-state index contributed by atoms with van der Waals surface area (Å²) in [4.78, 5) is 21.8. The van der Waals surface area contributed by atoms with Gasteiger partial charge in [0.25, 0.3) is 0 Å². The van der Waals surface area contributed by atoms with Crippen molar-refractivity contribution in [1.82, 2.24) is 5.32 Å². The zero-order valence-corrected chi connectivity index (χ0v) is 13.0. The lowest BCUT2D eigenvalue weighted by atomic mass is 10.2. The standard InChI is InChI=1S/C17H16ClNO4/c18-13-3-7-15(8-4-13)23-14-5-1-12(2-6-14)11-19-16(20)9-10-17(21)22/h1-8H,9-11H2,(H,19,20)(H,21,22). The third-order valence-electron chi connectivity index (χ3n) is 3.03. The van der Waals surface area contributed by atoms with Crippen molar-refractivity contribution in [3.05, 3.63) is 59.1 Å². The van der Waals surface area contributed by atoms with Crippen molar-refractivity contribution in [3.63, 3.8) is 0 Å². The van der Waals surface area contributed by atoms with Crippen molar-refractivity contribution >= 4 is 23.5 Å². The van der Waals surface area contributed by atoms with Crippen LogP contribution >= 0.6 is 11.6 Å². The van der Waals surface area contributed by atoms with E-state index in [0.717, 1.165) is 5.56 Å². The zero-order valence-electron chi connectivity index (χ0n) is 12.3. The Morgan fingerprint density at radius 3 is 2.09 bits per heavy atom. The first kappa shape index (κ1) is 16.8. The zero-order chi connectivity index (χ0) is 16.7. The lowest BCUT2D eigenvalue weighted by molar-refractivity contribution is -0.138. The molecule has 0 bridgehead atoms. The molecule has 5 nitrogen and oxygen atoms in total. The van der Waals surface area contributed by atoms with E-state index in [1.54, 1.807) is 36.4 Å². The third kappa shape index (κ3) is 6.00. The molecule has 0 heterocycles. The summed E-state index contributed by atoms with van der Waals surface area (Å²) in [6.07, 6.45) is -0.188. The molecule has 0 fully saturated rings. The Morgan fingerprint density at radius 1 is 0.957 bits per heavy atom. The van der Waals surface area contributed by atoms with Gasteiger partial charge in [-0.25, -0.2) is 0 Å². The van der Waals surface area contributed by atoms with Gasteiger partial charge >= 0.3 is 5.97 Å². The smallest absolute Gasteiger partial charge is 0.303 e. The number of aliphatic carboxylic acids is 1. The van der Waals surface area contributed by atoms with Gasteiger partial charge in [0.2, 0.25) is 5.91 Å². The van der Waals surface area contributed by atoms with Crippen LogP contribution in [0.15, 0.2) is 48.5 Å². The molecule has 0 aromatic heterocycles. The summed E-state index contributed by atoms with van der Waals surface area (Å²) in [6, 6.07) is 14.3. The number of nitrogens with one attached hydrogen (secondary N) is 1. The molecule has 23 heavy (non-hydrogen) atoms. The number of amides is 1. The van der Waals surface area contributed by atoms with Crippen LogP contribution in [0.25, 0.3) is 0 Å². The SMILES string of the molecule is O=C(O)CCC(=O)NCc1ccc(Oc2ccc(Cl)cc2)cc1. The van der Waals surface area contributed by atoms with Crippen LogP contribution in [-0.2, 0) is 16.1 Å². The number of rotatable bonds is 7. The van der Waals surface area contributed by atoms with E-state index in [-0.39, 0.29) is 18.7 Å². The highest BCUT2D eigenvalue weighted by Gasteiger charge is 2.05. The lowest BCUT2D eigenvalue weighted by Gasteiger charge is -2.08. The Labute approximate surface area is 138 Å². The second kappa shape index (κ2) is 8.19. The molecule has 1 amide bonds. The predicted molar refractivity (Wildman–Crippen MR) is 86.7 cm³/mol. The summed E-state index contributed by atoms with van der Waals surface area (Å²) in [6.45, 7) is 0.347. The first-order valence-electron chi connectivity index (χ1n) is 7.04. The molecule has 0 aliphatic heterocycles. The highest BCUT2D eigenvalue weighted by Crippen LogP contribution is 2.23. The quantitative estimate of drug-likeness (QED) is 0.811. The normalized spacial score (nSPS) is 10.1. The fourth-order valence-corrected chi connectivity index (χ4v) is 1.95. The number of hydrogen-bond acceptors (Lipinski definition) is 3. The monoisotopic (exact) mass is 333 g/mol. The second-order valence-corrected chi connectivity index (χ2v) is 5.31. The van der Waals surface area contributed by atoms with E-state index in [1.165, 1.54) is 0 Å². The van der Waals surface area contributed by atoms with Crippen LogP contribution in [0.3, 0.4) is 0 Å². The summed E-state index contributed by atoms with van der Waals surface area (Å²) in [5.41, 5.74) is 0.900. The van der Waals surface area contributed by atoms with Crippen LogP contribution in [-0.4, -0.2) is 17.0 Å². The van der Waals surface area contributed by atoms with Gasteiger partial charge < -0.3 is 15.2 Å². The molecular formula is C17H16ClNO4. The Morgan fingerprint density at radius 2 is 1.52 bits per heavy atom. The number of ether oxygens (including phenoxy) is 1. The molecule has 0 aliphatic rings. The molecule has 6 heteroatoms. The number of carbonyl (C=O) groups is 2. The van der Waals surface area contributed by atoms with Gasteiger partial charge in [-0.2, -0.15) is 0 Å². The number of carboxylic acids is 1. The summed E-state index contributed by atoms with van der Waals surface area (Å²) >= 11 is 5.81. The summed E-state index contributed by atoms with van der Waals surface area (Å²) in [5, 5.41) is 11.8. The average molecular weight is 334 g/mol. The van der Waals surface area contributed by atoms with Crippen molar-refractivity contribution in [2.24, 2.45) is 0 Å². The van der Waals surface area contributed by atoms with Gasteiger partial charge in [-0.05, 0) is 42.0 Å². The minimum Gasteiger partial charge on any atom is -0.481 e. The van der Waals surface area contributed by atoms with E-state index in [2.05, 4.69) is 5.32 Å². The van der Waals surface area contributed by atoms with Gasteiger partial charge in [0, 0.05) is 18.0 Å². The van der Waals surface area contributed by atoms with E-state index in [4.69, 9.17) is 21.4 Å². The van der Waals surface area contributed by atoms with Crippen molar-refractivity contribution in [2.75, 3.05) is 0 Å². The average Bonchev–Trinajstić information content (AvgIpc) is 2.54. The van der Waals surface area contributed by atoms with Crippen molar-refractivity contribution in [3.8, 4) is 11.5 Å². The van der Waals surface area contributed by atoms with Crippen LogP contribution in [0.2, 0.25) is 5.02 Å². The fraction of sp³-hybridized carbons (Fsp3) is 0.176. The minimum absolute atomic E-state index is 0.0207. The van der Waals surface area contributed by atoms with E-state index < -0.39 is 5.97 Å². The van der Waals surface area contributed by atoms with Gasteiger partial charge in [-0.3, -0.25) is 9.59 Å². The van der Waals surface area contributed by atoms with Crippen molar-refractivity contribution in [2.45, 2.75) is 19.4 Å². The number of carboxylic acid groups (broad SMARTS) is 1. The molecule has 0 saturated carbocycles. The summed E-state index contributed by atoms with van der Waals surface area (Å²) < 4.78 is 5.67. The molecule has 2 aromatic carbocycles. The van der Waals surface area contributed by atoms with Gasteiger partial charge in [-0.1, -0.05) is 23.7 Å². The number of hydrogen-bond donors (Lipinski definition) is 2. The van der Waals surface area contributed by atoms with E-state index in [9.17, 15) is 9.59 Å². The van der Waals surface area contributed by atoms with Crippen LogP contribution in [0.1, 0.15) is 18.4 Å². The van der Waals surface area contributed by atoms with Gasteiger partial charge in [0.05, 0.1) is 6.42 Å². The maximum absolute atomic E-state index is 11.4. The summed E-state index contributed by atoms with van der Waals surface area (Å²) in [7, 11) is 0. The molecule has 2 aromatic rings. The molecule has 0 unspecified atom stereocenters. The Hall–Kier alpha value is -2.53.